The molecule has 9 heteroatoms. The summed E-state index contributed by atoms with van der Waals surface area (Å²) in [6, 6.07) is 5.37. The van der Waals surface area contributed by atoms with Crippen LogP contribution in [0.15, 0.2) is 43.1 Å². The summed E-state index contributed by atoms with van der Waals surface area (Å²) in [4.78, 5) is 8.15. The lowest BCUT2D eigenvalue weighted by atomic mass is 10.0. The number of aromatic hydroxyl groups is 1. The fourth-order valence-corrected chi connectivity index (χ4v) is 3.96. The Hall–Kier alpha value is -3.07. The molecule has 0 aliphatic carbocycles. The van der Waals surface area contributed by atoms with Gasteiger partial charge in [0, 0.05) is 42.5 Å². The predicted molar refractivity (Wildman–Crippen MR) is 97.9 cm³/mol. The van der Waals surface area contributed by atoms with Gasteiger partial charge in [-0.05, 0) is 25.0 Å². The van der Waals surface area contributed by atoms with E-state index in [0.717, 1.165) is 18.5 Å². The highest BCUT2D eigenvalue weighted by atomic mass is 19.1. The van der Waals surface area contributed by atoms with Gasteiger partial charge in [-0.25, -0.2) is 14.4 Å². The Morgan fingerprint density at radius 2 is 2.18 bits per heavy atom. The van der Waals surface area contributed by atoms with Gasteiger partial charge in [-0.15, -0.1) is 5.10 Å². The zero-order valence-electron chi connectivity index (χ0n) is 14.9. The van der Waals surface area contributed by atoms with Gasteiger partial charge in [0.25, 0.3) is 0 Å². The summed E-state index contributed by atoms with van der Waals surface area (Å²) in [5.41, 5.74) is 1.68. The topological polar surface area (TPSA) is 98.0 Å². The Morgan fingerprint density at radius 3 is 2.93 bits per heavy atom. The second-order valence-corrected chi connectivity index (χ2v) is 7.18. The maximum Gasteiger partial charge on any atom is 0.336 e. The van der Waals surface area contributed by atoms with E-state index in [0.29, 0.717) is 23.7 Å². The fourth-order valence-electron chi connectivity index (χ4n) is 3.96. The van der Waals surface area contributed by atoms with E-state index in [1.54, 1.807) is 35.4 Å². The minimum absolute atomic E-state index is 0.0484. The first-order valence-corrected chi connectivity index (χ1v) is 9.25. The van der Waals surface area contributed by atoms with E-state index in [-0.39, 0.29) is 17.8 Å². The van der Waals surface area contributed by atoms with Crippen molar-refractivity contribution in [3.05, 3.63) is 43.1 Å². The molecule has 2 saturated heterocycles. The highest BCUT2D eigenvalue weighted by molar-refractivity contribution is 5.67. The van der Waals surface area contributed by atoms with Gasteiger partial charge in [-0.3, -0.25) is 0 Å². The summed E-state index contributed by atoms with van der Waals surface area (Å²) >= 11 is 0. The lowest BCUT2D eigenvalue weighted by Crippen LogP contribution is -2.51. The molecule has 2 aliphatic rings. The average Bonchev–Trinajstić information content (AvgIpc) is 3.37. The maximum atomic E-state index is 14.5. The van der Waals surface area contributed by atoms with Crippen molar-refractivity contribution in [2.24, 2.45) is 0 Å². The summed E-state index contributed by atoms with van der Waals surface area (Å²) in [5.74, 6) is 0.0507. The van der Waals surface area contributed by atoms with Crippen LogP contribution in [0, 0.1) is 0 Å². The van der Waals surface area contributed by atoms with Gasteiger partial charge in [-0.2, -0.15) is 0 Å². The summed E-state index contributed by atoms with van der Waals surface area (Å²) in [6.45, 7) is 0. The van der Waals surface area contributed by atoms with Crippen molar-refractivity contribution < 1.29 is 14.2 Å². The van der Waals surface area contributed by atoms with Crippen molar-refractivity contribution >= 4 is 0 Å². The van der Waals surface area contributed by atoms with Gasteiger partial charge in [0.1, 0.15) is 17.5 Å². The number of phenolic OH excluding ortho intramolecular Hbond substituents is 1. The third kappa shape index (κ3) is 3.07. The molecule has 0 radical (unpaired) electrons. The highest BCUT2D eigenvalue weighted by Crippen LogP contribution is 2.32. The minimum Gasteiger partial charge on any atom is -0.507 e. The zero-order chi connectivity index (χ0) is 19.1. The van der Waals surface area contributed by atoms with Crippen molar-refractivity contribution in [1.29, 1.82) is 0 Å². The number of nitrogens with zero attached hydrogens (tertiary/aromatic N) is 5. The molecule has 28 heavy (non-hydrogen) atoms. The number of benzene rings is 1. The van der Waals surface area contributed by atoms with E-state index in [9.17, 15) is 9.50 Å². The van der Waals surface area contributed by atoms with Crippen LogP contribution in [0.1, 0.15) is 19.3 Å². The molecule has 5 rings (SSSR count). The number of halogens is 1. The summed E-state index contributed by atoms with van der Waals surface area (Å²) in [7, 11) is 0. The second kappa shape index (κ2) is 6.83. The van der Waals surface area contributed by atoms with Crippen molar-refractivity contribution in [2.75, 3.05) is 0 Å². The van der Waals surface area contributed by atoms with Gasteiger partial charge < -0.3 is 19.7 Å². The number of imidazole rings is 1. The number of hydrogen-bond donors (Lipinski definition) is 2. The fraction of sp³-hybridized carbons (Fsp3) is 0.368. The smallest absolute Gasteiger partial charge is 0.336 e. The van der Waals surface area contributed by atoms with Gasteiger partial charge in [0.2, 0.25) is 0 Å². The van der Waals surface area contributed by atoms with Crippen LogP contribution in [0.5, 0.6) is 11.8 Å². The molecule has 1 unspecified atom stereocenters. The first-order valence-electron chi connectivity index (χ1n) is 9.25. The van der Waals surface area contributed by atoms with Crippen LogP contribution in [-0.2, 0) is 0 Å². The molecular formula is C19H19FN6O2. The van der Waals surface area contributed by atoms with Crippen molar-refractivity contribution in [2.45, 2.75) is 43.6 Å². The van der Waals surface area contributed by atoms with Crippen molar-refractivity contribution in [1.82, 2.24) is 30.0 Å². The number of aromatic nitrogens is 5. The number of piperidine rings is 1. The maximum absolute atomic E-state index is 14.5. The molecule has 0 saturated carbocycles. The monoisotopic (exact) mass is 382 g/mol. The van der Waals surface area contributed by atoms with E-state index in [1.165, 1.54) is 6.20 Å². The van der Waals surface area contributed by atoms with Crippen LogP contribution in [0.2, 0.25) is 0 Å². The number of alkyl halides is 1. The van der Waals surface area contributed by atoms with Crippen molar-refractivity contribution in [3.8, 4) is 28.7 Å². The van der Waals surface area contributed by atoms with Crippen LogP contribution in [0.3, 0.4) is 0 Å². The quantitative estimate of drug-likeness (QED) is 0.712. The Kier molecular flexibility index (Phi) is 4.16. The van der Waals surface area contributed by atoms with Crippen LogP contribution >= 0.6 is 0 Å². The van der Waals surface area contributed by atoms with E-state index >= 15 is 0 Å². The summed E-state index contributed by atoms with van der Waals surface area (Å²) < 4.78 is 21.9. The average molecular weight is 382 g/mol. The number of phenols is 1. The van der Waals surface area contributed by atoms with Gasteiger partial charge in [-0.1, -0.05) is 5.10 Å². The van der Waals surface area contributed by atoms with E-state index in [2.05, 4.69) is 25.5 Å². The van der Waals surface area contributed by atoms with Crippen LogP contribution in [-0.4, -0.2) is 54.2 Å². The lowest BCUT2D eigenvalue weighted by Gasteiger charge is -2.31. The standard InChI is InChI=1S/C19H19FN6O2/c20-18-14-4-1-11(23-14)7-17(18)28-19-22-9-15(24-25-19)13-3-2-12(8-16(13)27)26-6-5-21-10-26/h2-3,5-6,8-11,14,17-18,23,27H,1,4,7H2/t11-,14?,17-,18-/m0/s1. The Morgan fingerprint density at radius 1 is 1.25 bits per heavy atom. The first kappa shape index (κ1) is 17.1. The Balaban J connectivity index is 1.32. The largest absolute Gasteiger partial charge is 0.507 e. The molecule has 8 nitrogen and oxygen atoms in total. The molecule has 3 aromatic rings. The van der Waals surface area contributed by atoms with E-state index in [1.807, 2.05) is 6.07 Å². The number of fused-ring (bicyclic) bond motifs is 2. The Labute approximate surface area is 160 Å². The third-order valence-electron chi connectivity index (χ3n) is 5.39. The van der Waals surface area contributed by atoms with Crippen LogP contribution in [0.4, 0.5) is 4.39 Å². The van der Waals surface area contributed by atoms with Gasteiger partial charge >= 0.3 is 6.01 Å². The zero-order valence-corrected chi connectivity index (χ0v) is 14.9. The SMILES string of the molecule is Oc1cc(-n2ccnc2)ccc1-c1cnc(O[C@H]2C[C@@H]3CCC(N3)[C@@H]2F)nn1. The lowest BCUT2D eigenvalue weighted by molar-refractivity contribution is 0.0386. The summed E-state index contributed by atoms with van der Waals surface area (Å²) in [5, 5.41) is 21.7. The molecule has 4 heterocycles. The van der Waals surface area contributed by atoms with Gasteiger partial charge in [0.15, 0.2) is 6.17 Å². The number of rotatable bonds is 4. The Bertz CT molecular complexity index is 965. The van der Waals surface area contributed by atoms with Crippen molar-refractivity contribution in [3.63, 3.8) is 0 Å². The molecule has 1 aromatic carbocycles. The minimum atomic E-state index is -1.08. The number of ether oxygens (including phenoxy) is 1. The molecule has 2 fully saturated rings. The second-order valence-electron chi connectivity index (χ2n) is 7.18. The molecular weight excluding hydrogens is 363 g/mol. The molecule has 0 amide bonds. The molecule has 2 bridgehead atoms. The molecule has 4 atom stereocenters. The van der Waals surface area contributed by atoms with Crippen LogP contribution in [0.25, 0.3) is 16.9 Å². The first-order chi connectivity index (χ1) is 13.7. The number of hydrogen-bond acceptors (Lipinski definition) is 7. The van der Waals surface area contributed by atoms with E-state index < -0.39 is 12.3 Å². The van der Waals surface area contributed by atoms with Gasteiger partial charge in [0.05, 0.1) is 18.2 Å². The highest BCUT2D eigenvalue weighted by Gasteiger charge is 2.43. The molecule has 2 N–H and O–H groups in total. The molecule has 144 valence electrons. The third-order valence-corrected chi connectivity index (χ3v) is 5.39. The van der Waals surface area contributed by atoms with Crippen LogP contribution < -0.4 is 10.1 Å². The molecule has 2 aromatic heterocycles. The molecule has 0 spiro atoms. The number of nitrogens with one attached hydrogen (secondary N) is 1. The van der Waals surface area contributed by atoms with E-state index in [4.69, 9.17) is 4.74 Å². The predicted octanol–water partition coefficient (Wildman–Crippen LogP) is 2.04. The summed E-state index contributed by atoms with van der Waals surface area (Å²) in [6.07, 6.45) is 7.32. The molecule has 2 aliphatic heterocycles. The normalized spacial score (nSPS) is 26.3.